The third kappa shape index (κ3) is 9.21. The molecule has 0 aliphatic rings. The fourth-order valence-corrected chi connectivity index (χ4v) is 10.1. The SMILES string of the molecule is CC(C)(C)OC(=O)COc1ccc(S(OS(=O)(=O)c2c(F)c(F)c(F)c(F)c2F)(c2ccccc2)c2ccccc2)c(OCC(=O)OC(C)(C)C)c1. The van der Waals surface area contributed by atoms with Crippen LogP contribution in [-0.2, 0) is 32.8 Å². The number of ether oxygens (including phenoxy) is 4. The van der Waals surface area contributed by atoms with Gasteiger partial charge in [-0.3, -0.25) is 0 Å². The Morgan fingerprint density at radius 2 is 1.02 bits per heavy atom. The number of carbonyl (C=O) groups excluding carboxylic acids is 2. The van der Waals surface area contributed by atoms with E-state index in [0.717, 1.165) is 0 Å². The Kier molecular flexibility index (Phi) is 12.0. The van der Waals surface area contributed by atoms with Gasteiger partial charge in [0, 0.05) is 15.9 Å². The summed E-state index contributed by atoms with van der Waals surface area (Å²) < 4.78 is 129. The molecule has 9 nitrogen and oxygen atoms in total. The van der Waals surface area contributed by atoms with Gasteiger partial charge in [-0.25, -0.2) is 35.2 Å². The summed E-state index contributed by atoms with van der Waals surface area (Å²) in [7, 11) is -9.78. The van der Waals surface area contributed by atoms with Crippen LogP contribution in [0, 0.1) is 29.1 Å². The first-order chi connectivity index (χ1) is 24.2. The minimum atomic E-state index is -5.91. The lowest BCUT2D eigenvalue weighted by Gasteiger charge is -2.40. The van der Waals surface area contributed by atoms with Gasteiger partial charge in [-0.05, 0) is 88.2 Å². The van der Waals surface area contributed by atoms with Crippen molar-refractivity contribution >= 4 is 32.4 Å². The minimum Gasteiger partial charge on any atom is -0.482 e. The van der Waals surface area contributed by atoms with Gasteiger partial charge in [0.1, 0.15) is 22.7 Å². The first-order valence-corrected chi connectivity index (χ1v) is 18.4. The van der Waals surface area contributed by atoms with E-state index in [2.05, 4.69) is 0 Å². The normalized spacial score (nSPS) is 12.6. The van der Waals surface area contributed by atoms with Crippen LogP contribution < -0.4 is 9.47 Å². The van der Waals surface area contributed by atoms with E-state index in [-0.39, 0.29) is 26.2 Å². The van der Waals surface area contributed by atoms with E-state index >= 15 is 8.78 Å². The molecule has 0 heterocycles. The van der Waals surface area contributed by atoms with Gasteiger partial charge in [-0.1, -0.05) is 36.4 Å². The van der Waals surface area contributed by atoms with Crippen LogP contribution in [0.15, 0.2) is 98.4 Å². The Balaban J connectivity index is 2.01. The van der Waals surface area contributed by atoms with Gasteiger partial charge in [-0.2, -0.15) is 8.42 Å². The lowest BCUT2D eigenvalue weighted by Crippen LogP contribution is -2.28. The van der Waals surface area contributed by atoms with E-state index < -0.39 is 90.8 Å². The van der Waals surface area contributed by atoms with Crippen LogP contribution >= 0.6 is 10.3 Å². The molecule has 4 aromatic carbocycles. The average molecular weight is 771 g/mol. The van der Waals surface area contributed by atoms with Gasteiger partial charge >= 0.3 is 22.1 Å². The quantitative estimate of drug-likeness (QED) is 0.0606. The zero-order valence-electron chi connectivity index (χ0n) is 28.8. The first-order valence-electron chi connectivity index (χ1n) is 15.4. The Labute approximate surface area is 299 Å². The molecule has 0 unspecified atom stereocenters. The summed E-state index contributed by atoms with van der Waals surface area (Å²) >= 11 is 0. The maximum atomic E-state index is 15.1. The molecular weight excluding hydrogens is 736 g/mol. The minimum absolute atomic E-state index is 0.0363. The van der Waals surface area contributed by atoms with Crippen molar-refractivity contribution in [3.63, 3.8) is 0 Å². The molecule has 0 bridgehead atoms. The summed E-state index contributed by atoms with van der Waals surface area (Å²) in [6, 6.07) is 18.6. The fraction of sp³-hybridized carbons (Fsp3) is 0.278. The second-order valence-corrected chi connectivity index (χ2v) is 17.3. The number of hydrogen-bond donors (Lipinski definition) is 0. The Hall–Kier alpha value is -4.67. The number of halogens is 5. The highest BCUT2D eigenvalue weighted by Crippen LogP contribution is 2.72. The third-order valence-electron chi connectivity index (χ3n) is 6.53. The standard InChI is InChI=1S/C36H35F5O9S2/c1-35(2,3)48-27(42)20-46-22-17-18-26(25(19-22)47-21-28(43)49-36(4,5)6)51(23-13-9-7-10-14-23,24-15-11-8-12-16-24)50-52(44,45)34-32(40)30(38)29(37)31(39)33(34)41/h7-19H,20-21H2,1-6H3. The highest BCUT2D eigenvalue weighted by atomic mass is 32.3. The summed E-state index contributed by atoms with van der Waals surface area (Å²) in [6.07, 6.45) is 0. The molecule has 280 valence electrons. The first kappa shape index (κ1) is 40.1. The number of benzene rings is 4. The van der Waals surface area contributed by atoms with Gasteiger partial charge in [0.15, 0.2) is 41.4 Å². The summed E-state index contributed by atoms with van der Waals surface area (Å²) in [6.45, 7) is 8.44. The Morgan fingerprint density at radius 1 is 0.596 bits per heavy atom. The van der Waals surface area contributed by atoms with Gasteiger partial charge in [0.2, 0.25) is 5.82 Å². The smallest absolute Gasteiger partial charge is 0.344 e. The molecule has 0 aliphatic carbocycles. The van der Waals surface area contributed by atoms with Gasteiger partial charge in [-0.15, -0.1) is 0 Å². The second kappa shape index (κ2) is 15.5. The zero-order valence-corrected chi connectivity index (χ0v) is 30.4. The summed E-state index contributed by atoms with van der Waals surface area (Å²) in [5, 5.41) is 0. The molecule has 52 heavy (non-hydrogen) atoms. The molecular formula is C36H35F5O9S2. The van der Waals surface area contributed by atoms with Crippen molar-refractivity contribution in [3.05, 3.63) is 108 Å². The maximum Gasteiger partial charge on any atom is 0.344 e. The van der Waals surface area contributed by atoms with Gasteiger partial charge < -0.3 is 18.9 Å². The van der Waals surface area contributed by atoms with Gasteiger partial charge in [0.05, 0.1) is 4.90 Å². The average Bonchev–Trinajstić information content (AvgIpc) is 3.06. The van der Waals surface area contributed by atoms with Crippen molar-refractivity contribution in [1.29, 1.82) is 0 Å². The Bertz CT molecular complexity index is 1980. The molecule has 0 atom stereocenters. The van der Waals surface area contributed by atoms with Crippen molar-refractivity contribution in [2.24, 2.45) is 0 Å². The van der Waals surface area contributed by atoms with E-state index in [9.17, 15) is 31.2 Å². The van der Waals surface area contributed by atoms with Crippen LogP contribution in [0.1, 0.15) is 41.5 Å². The monoisotopic (exact) mass is 770 g/mol. The van der Waals surface area contributed by atoms with Crippen LogP contribution in [0.5, 0.6) is 11.5 Å². The summed E-state index contributed by atoms with van der Waals surface area (Å²) in [4.78, 5) is 22.9. The lowest BCUT2D eigenvalue weighted by molar-refractivity contribution is -0.158. The Morgan fingerprint density at radius 3 is 1.46 bits per heavy atom. The van der Waals surface area contributed by atoms with Crippen LogP contribution in [0.3, 0.4) is 0 Å². The largest absolute Gasteiger partial charge is 0.482 e. The predicted molar refractivity (Wildman–Crippen MR) is 179 cm³/mol. The van der Waals surface area contributed by atoms with E-state index in [1.54, 1.807) is 53.7 Å². The molecule has 16 heteroatoms. The second-order valence-electron chi connectivity index (χ2n) is 13.0. The molecule has 0 radical (unpaired) electrons. The molecule has 0 N–H and O–H groups in total. The topological polar surface area (TPSA) is 114 Å². The number of hydrogen-bond acceptors (Lipinski definition) is 9. The third-order valence-corrected chi connectivity index (χ3v) is 11.7. The van der Waals surface area contributed by atoms with Crippen molar-refractivity contribution in [1.82, 2.24) is 0 Å². The summed E-state index contributed by atoms with van der Waals surface area (Å²) in [5.74, 6) is -14.8. The number of esters is 2. The molecule has 4 rings (SSSR count). The maximum absolute atomic E-state index is 15.1. The van der Waals surface area contributed by atoms with Crippen LogP contribution in [0.25, 0.3) is 0 Å². The lowest BCUT2D eigenvalue weighted by atomic mass is 10.2. The molecule has 0 saturated heterocycles. The molecule has 0 saturated carbocycles. The van der Waals surface area contributed by atoms with E-state index in [1.165, 1.54) is 66.7 Å². The van der Waals surface area contributed by atoms with Crippen LogP contribution in [0.4, 0.5) is 22.0 Å². The van der Waals surface area contributed by atoms with E-state index in [1.807, 2.05) is 0 Å². The highest BCUT2D eigenvalue weighted by molar-refractivity contribution is 8.33. The van der Waals surface area contributed by atoms with Crippen molar-refractivity contribution in [3.8, 4) is 11.5 Å². The molecule has 0 aromatic heterocycles. The number of rotatable bonds is 12. The van der Waals surface area contributed by atoms with Gasteiger partial charge in [0.25, 0.3) is 0 Å². The predicted octanol–water partition coefficient (Wildman–Crippen LogP) is 8.43. The van der Waals surface area contributed by atoms with Crippen LogP contribution in [-0.4, -0.2) is 44.8 Å². The van der Waals surface area contributed by atoms with Crippen LogP contribution in [0.2, 0.25) is 0 Å². The van der Waals surface area contributed by atoms with Crippen molar-refractivity contribution in [2.75, 3.05) is 13.2 Å². The van der Waals surface area contributed by atoms with E-state index in [0.29, 0.717) is 0 Å². The molecule has 4 aromatic rings. The van der Waals surface area contributed by atoms with Crippen molar-refractivity contribution < 1.29 is 62.5 Å². The van der Waals surface area contributed by atoms with E-state index in [4.69, 9.17) is 22.6 Å². The summed E-state index contributed by atoms with van der Waals surface area (Å²) in [5.41, 5.74) is -1.77. The molecule has 0 spiro atoms. The van der Waals surface area contributed by atoms with Crippen molar-refractivity contribution in [2.45, 2.75) is 72.3 Å². The highest BCUT2D eigenvalue weighted by Gasteiger charge is 2.44. The molecule has 0 fully saturated rings. The molecule has 0 aliphatic heterocycles. The number of carbonyl (C=O) groups is 2. The fourth-order valence-electron chi connectivity index (χ4n) is 4.65. The zero-order chi connectivity index (χ0) is 38.6. The molecule has 0 amide bonds.